The Balaban J connectivity index is 3.11. The van der Waals surface area contributed by atoms with Gasteiger partial charge in [-0.1, -0.05) is 30.3 Å². The minimum absolute atomic E-state index is 0.346. The van der Waals surface area contributed by atoms with Crippen LogP contribution in [0.3, 0.4) is 0 Å². The van der Waals surface area contributed by atoms with Gasteiger partial charge in [0.2, 0.25) is 0 Å². The number of carbonyl (C=O) groups excluding carboxylic acids is 1. The highest BCUT2D eigenvalue weighted by Gasteiger charge is 2.07. The van der Waals surface area contributed by atoms with E-state index in [1.165, 1.54) is 0 Å². The van der Waals surface area contributed by atoms with Crippen LogP contribution in [0.4, 0.5) is 0 Å². The fourth-order valence-electron chi connectivity index (χ4n) is 0.819. The number of nitrogens with two attached hydrogens (primary N) is 1. The van der Waals surface area contributed by atoms with Gasteiger partial charge in [-0.2, -0.15) is 0 Å². The van der Waals surface area contributed by atoms with E-state index in [2.05, 4.69) is 31.9 Å². The van der Waals surface area contributed by atoms with Gasteiger partial charge in [0.15, 0.2) is 0 Å². The summed E-state index contributed by atoms with van der Waals surface area (Å²) in [6.07, 6.45) is 0. The summed E-state index contributed by atoms with van der Waals surface area (Å²) in [4.78, 5) is 10.8. The normalized spacial score (nSPS) is 12.2. The number of amides is 1. The van der Waals surface area contributed by atoms with Crippen molar-refractivity contribution in [2.45, 2.75) is 0 Å². The zero-order valence-corrected chi connectivity index (χ0v) is 9.80. The van der Waals surface area contributed by atoms with Crippen LogP contribution in [0.25, 0.3) is 4.48 Å². The van der Waals surface area contributed by atoms with Gasteiger partial charge >= 0.3 is 0 Å². The summed E-state index contributed by atoms with van der Waals surface area (Å²) in [6, 6.07) is 9.44. The van der Waals surface area contributed by atoms with E-state index in [9.17, 15) is 4.79 Å². The van der Waals surface area contributed by atoms with Crippen LogP contribution in [0, 0.1) is 0 Å². The molecular formula is C9H7Br2NO. The lowest BCUT2D eigenvalue weighted by Gasteiger charge is -2.00. The first-order valence-corrected chi connectivity index (χ1v) is 5.12. The molecular weight excluding hydrogens is 298 g/mol. The minimum atomic E-state index is -0.490. The average Bonchev–Trinajstić information content (AvgIpc) is 2.17. The maximum absolute atomic E-state index is 10.8. The molecule has 0 saturated heterocycles. The van der Waals surface area contributed by atoms with Gasteiger partial charge in [0, 0.05) is 4.48 Å². The predicted molar refractivity (Wildman–Crippen MR) is 60.4 cm³/mol. The van der Waals surface area contributed by atoms with E-state index in [-0.39, 0.29) is 0 Å². The minimum Gasteiger partial charge on any atom is -0.365 e. The van der Waals surface area contributed by atoms with Gasteiger partial charge in [0.1, 0.15) is 0 Å². The Bertz CT molecular complexity index is 346. The average molecular weight is 305 g/mol. The summed E-state index contributed by atoms with van der Waals surface area (Å²) >= 11 is 6.39. The Hall–Kier alpha value is -0.610. The number of hydrogen-bond donors (Lipinski definition) is 1. The van der Waals surface area contributed by atoms with Crippen LogP contribution < -0.4 is 5.73 Å². The van der Waals surface area contributed by atoms with E-state index in [4.69, 9.17) is 5.73 Å². The van der Waals surface area contributed by atoms with Gasteiger partial charge in [-0.3, -0.25) is 4.79 Å². The first-order chi connectivity index (χ1) is 6.13. The van der Waals surface area contributed by atoms with Crippen molar-refractivity contribution in [3.63, 3.8) is 0 Å². The Labute approximate surface area is 93.1 Å². The fourth-order valence-corrected chi connectivity index (χ4v) is 1.51. The van der Waals surface area contributed by atoms with Gasteiger partial charge in [-0.25, -0.2) is 0 Å². The number of halogens is 2. The Morgan fingerprint density at radius 3 is 2.15 bits per heavy atom. The molecule has 0 saturated carbocycles. The van der Waals surface area contributed by atoms with Crippen LogP contribution in [0.1, 0.15) is 5.56 Å². The molecule has 4 heteroatoms. The van der Waals surface area contributed by atoms with Gasteiger partial charge in [-0.05, 0) is 37.4 Å². The van der Waals surface area contributed by atoms with Crippen molar-refractivity contribution < 1.29 is 4.79 Å². The lowest BCUT2D eigenvalue weighted by Crippen LogP contribution is -2.10. The predicted octanol–water partition coefficient (Wildman–Crippen LogP) is 2.63. The molecule has 0 spiro atoms. The van der Waals surface area contributed by atoms with Crippen molar-refractivity contribution in [1.29, 1.82) is 0 Å². The molecule has 68 valence electrons. The largest absolute Gasteiger partial charge is 0.365 e. The molecule has 1 aromatic carbocycles. The van der Waals surface area contributed by atoms with Gasteiger partial charge < -0.3 is 5.73 Å². The van der Waals surface area contributed by atoms with Crippen LogP contribution >= 0.6 is 31.9 Å². The second-order valence-corrected chi connectivity index (χ2v) is 3.94. The molecule has 2 nitrogen and oxygen atoms in total. The molecule has 0 heterocycles. The number of benzene rings is 1. The third-order valence-electron chi connectivity index (χ3n) is 1.44. The SMILES string of the molecule is NC(=O)/C(Br)=C(/Br)c1ccccc1. The number of hydrogen-bond acceptors (Lipinski definition) is 1. The maximum atomic E-state index is 10.8. The summed E-state index contributed by atoms with van der Waals surface area (Å²) in [5, 5.41) is 0. The second-order valence-electron chi connectivity index (χ2n) is 2.36. The first kappa shape index (κ1) is 10.5. The van der Waals surface area contributed by atoms with Crippen molar-refractivity contribution in [2.75, 3.05) is 0 Å². The molecule has 0 fully saturated rings. The smallest absolute Gasteiger partial charge is 0.256 e. The van der Waals surface area contributed by atoms with Crippen molar-refractivity contribution in [3.05, 3.63) is 40.4 Å². The Kier molecular flexibility index (Phi) is 3.69. The van der Waals surface area contributed by atoms with E-state index in [1.54, 1.807) is 0 Å². The van der Waals surface area contributed by atoms with Crippen LogP contribution in [0.5, 0.6) is 0 Å². The summed E-state index contributed by atoms with van der Waals surface area (Å²) in [5.41, 5.74) is 6.01. The van der Waals surface area contributed by atoms with Crippen LogP contribution in [0.2, 0.25) is 0 Å². The van der Waals surface area contributed by atoms with Gasteiger partial charge in [0.25, 0.3) is 5.91 Å². The number of primary amides is 1. The molecule has 1 aromatic rings. The highest BCUT2D eigenvalue weighted by Crippen LogP contribution is 2.27. The highest BCUT2D eigenvalue weighted by atomic mass is 79.9. The third kappa shape index (κ3) is 2.67. The molecule has 0 aliphatic rings. The molecule has 0 aliphatic heterocycles. The van der Waals surface area contributed by atoms with Crippen LogP contribution in [0.15, 0.2) is 34.8 Å². The monoisotopic (exact) mass is 303 g/mol. The maximum Gasteiger partial charge on any atom is 0.256 e. The molecule has 1 amide bonds. The van der Waals surface area contributed by atoms with E-state index in [0.29, 0.717) is 8.96 Å². The first-order valence-electron chi connectivity index (χ1n) is 3.53. The zero-order chi connectivity index (χ0) is 9.84. The topological polar surface area (TPSA) is 43.1 Å². The molecule has 0 atom stereocenters. The standard InChI is InChI=1S/C9H7Br2NO/c10-7(8(11)9(12)13)6-4-2-1-3-5-6/h1-5H,(H2,12,13)/b8-7-. The third-order valence-corrected chi connectivity index (χ3v) is 3.61. The molecule has 0 aromatic heterocycles. The quantitative estimate of drug-likeness (QED) is 0.839. The Morgan fingerprint density at radius 1 is 1.15 bits per heavy atom. The lowest BCUT2D eigenvalue weighted by molar-refractivity contribution is -0.113. The Morgan fingerprint density at radius 2 is 1.69 bits per heavy atom. The lowest BCUT2D eigenvalue weighted by atomic mass is 10.2. The summed E-state index contributed by atoms with van der Waals surface area (Å²) in [5.74, 6) is -0.490. The summed E-state index contributed by atoms with van der Waals surface area (Å²) < 4.78 is 1.01. The van der Waals surface area contributed by atoms with Gasteiger partial charge in [-0.15, -0.1) is 0 Å². The van der Waals surface area contributed by atoms with Crippen LogP contribution in [-0.2, 0) is 4.79 Å². The zero-order valence-electron chi connectivity index (χ0n) is 6.63. The molecule has 13 heavy (non-hydrogen) atoms. The number of carbonyl (C=O) groups is 1. The fraction of sp³-hybridized carbons (Fsp3) is 0. The van der Waals surface area contributed by atoms with E-state index >= 15 is 0 Å². The van der Waals surface area contributed by atoms with Crippen molar-refractivity contribution in [1.82, 2.24) is 0 Å². The molecule has 0 unspecified atom stereocenters. The van der Waals surface area contributed by atoms with E-state index in [0.717, 1.165) is 5.56 Å². The molecule has 0 radical (unpaired) electrons. The van der Waals surface area contributed by atoms with Crippen LogP contribution in [-0.4, -0.2) is 5.91 Å². The molecule has 0 aliphatic carbocycles. The molecule has 1 rings (SSSR count). The van der Waals surface area contributed by atoms with Gasteiger partial charge in [0.05, 0.1) is 4.48 Å². The molecule has 0 bridgehead atoms. The molecule has 2 N–H and O–H groups in total. The number of rotatable bonds is 2. The van der Waals surface area contributed by atoms with Crippen molar-refractivity contribution in [2.24, 2.45) is 5.73 Å². The summed E-state index contributed by atoms with van der Waals surface area (Å²) in [6.45, 7) is 0. The van der Waals surface area contributed by atoms with Crippen molar-refractivity contribution in [3.8, 4) is 0 Å². The van der Waals surface area contributed by atoms with Crippen molar-refractivity contribution >= 4 is 42.2 Å². The van der Waals surface area contributed by atoms with E-state index in [1.807, 2.05) is 30.3 Å². The highest BCUT2D eigenvalue weighted by molar-refractivity contribution is 9.16. The van der Waals surface area contributed by atoms with E-state index < -0.39 is 5.91 Å². The summed E-state index contributed by atoms with van der Waals surface area (Å²) in [7, 11) is 0. The second kappa shape index (κ2) is 4.58.